The average Bonchev–Trinajstić information content (AvgIpc) is 2.44. The SMILES string of the molecule is CC(=NNC(=O)c1ccc(F)cc1)c1c(O)cc(C)oc1=O. The third kappa shape index (κ3) is 3.38. The van der Waals surface area contributed by atoms with Crippen LogP contribution >= 0.6 is 0 Å². The lowest BCUT2D eigenvalue weighted by atomic mass is 10.2. The van der Waals surface area contributed by atoms with Gasteiger partial charge in [-0.25, -0.2) is 14.6 Å². The van der Waals surface area contributed by atoms with Crippen LogP contribution in [-0.4, -0.2) is 16.7 Å². The first-order chi connectivity index (χ1) is 10.4. The van der Waals surface area contributed by atoms with E-state index < -0.39 is 17.3 Å². The fourth-order valence-electron chi connectivity index (χ4n) is 1.79. The minimum Gasteiger partial charge on any atom is -0.507 e. The van der Waals surface area contributed by atoms with E-state index in [4.69, 9.17) is 4.42 Å². The zero-order chi connectivity index (χ0) is 16.3. The van der Waals surface area contributed by atoms with Crippen LogP contribution in [0.5, 0.6) is 5.75 Å². The molecule has 7 heteroatoms. The number of carbonyl (C=O) groups is 1. The molecule has 0 saturated heterocycles. The Kier molecular flexibility index (Phi) is 4.36. The highest BCUT2D eigenvalue weighted by molar-refractivity contribution is 6.02. The third-order valence-electron chi connectivity index (χ3n) is 2.85. The number of carbonyl (C=O) groups excluding carboxylic acids is 1. The van der Waals surface area contributed by atoms with Gasteiger partial charge in [0, 0.05) is 11.6 Å². The summed E-state index contributed by atoms with van der Waals surface area (Å²) in [6.07, 6.45) is 0. The summed E-state index contributed by atoms with van der Waals surface area (Å²) in [6.45, 7) is 2.96. The number of amides is 1. The summed E-state index contributed by atoms with van der Waals surface area (Å²) < 4.78 is 17.6. The molecule has 6 nitrogen and oxygen atoms in total. The molecule has 1 heterocycles. The van der Waals surface area contributed by atoms with Crippen LogP contribution in [0.3, 0.4) is 0 Å². The second-order valence-corrected chi connectivity index (χ2v) is 4.55. The standard InChI is InChI=1S/C15H13FN2O4/c1-8-7-12(19)13(15(21)22-8)9(2)17-18-14(20)10-3-5-11(16)6-4-10/h3-7,19H,1-2H3,(H,18,20). The van der Waals surface area contributed by atoms with Crippen LogP contribution in [0.2, 0.25) is 0 Å². The molecule has 22 heavy (non-hydrogen) atoms. The largest absolute Gasteiger partial charge is 0.507 e. The summed E-state index contributed by atoms with van der Waals surface area (Å²) in [5, 5.41) is 13.5. The number of nitrogens with zero attached hydrogens (tertiary/aromatic N) is 1. The molecule has 0 aliphatic heterocycles. The summed E-state index contributed by atoms with van der Waals surface area (Å²) in [5.41, 5.74) is 1.62. The van der Waals surface area contributed by atoms with Gasteiger partial charge in [-0.05, 0) is 38.1 Å². The van der Waals surface area contributed by atoms with E-state index in [2.05, 4.69) is 10.5 Å². The number of halogens is 1. The summed E-state index contributed by atoms with van der Waals surface area (Å²) in [6, 6.07) is 6.16. The van der Waals surface area contributed by atoms with Crippen molar-refractivity contribution in [3.63, 3.8) is 0 Å². The van der Waals surface area contributed by atoms with E-state index in [9.17, 15) is 19.1 Å². The molecule has 2 N–H and O–H groups in total. The number of nitrogens with one attached hydrogen (secondary N) is 1. The molecule has 0 unspecified atom stereocenters. The molecular formula is C15H13FN2O4. The van der Waals surface area contributed by atoms with Crippen molar-refractivity contribution in [2.24, 2.45) is 5.10 Å². The van der Waals surface area contributed by atoms with E-state index in [1.807, 2.05) is 0 Å². The highest BCUT2D eigenvalue weighted by Crippen LogP contribution is 2.15. The van der Waals surface area contributed by atoms with Crippen LogP contribution in [0.15, 0.2) is 44.6 Å². The Balaban J connectivity index is 2.22. The predicted octanol–water partition coefficient (Wildman–Crippen LogP) is 1.95. The van der Waals surface area contributed by atoms with Gasteiger partial charge in [0.25, 0.3) is 5.91 Å². The lowest BCUT2D eigenvalue weighted by Gasteiger charge is -2.04. The Morgan fingerprint density at radius 1 is 1.32 bits per heavy atom. The molecule has 0 radical (unpaired) electrons. The number of hydrogen-bond acceptors (Lipinski definition) is 5. The second-order valence-electron chi connectivity index (χ2n) is 4.55. The molecular weight excluding hydrogens is 291 g/mol. The first-order valence-corrected chi connectivity index (χ1v) is 6.33. The van der Waals surface area contributed by atoms with E-state index in [-0.39, 0.29) is 28.3 Å². The summed E-state index contributed by atoms with van der Waals surface area (Å²) >= 11 is 0. The third-order valence-corrected chi connectivity index (χ3v) is 2.85. The smallest absolute Gasteiger partial charge is 0.348 e. The molecule has 0 aliphatic carbocycles. The molecule has 0 bridgehead atoms. The molecule has 1 aromatic heterocycles. The Morgan fingerprint density at radius 3 is 2.55 bits per heavy atom. The molecule has 0 atom stereocenters. The van der Waals surface area contributed by atoms with Crippen molar-refractivity contribution in [3.8, 4) is 5.75 Å². The molecule has 1 amide bonds. The van der Waals surface area contributed by atoms with E-state index in [0.29, 0.717) is 0 Å². The Bertz CT molecular complexity index is 794. The fraction of sp³-hybridized carbons (Fsp3) is 0.133. The van der Waals surface area contributed by atoms with E-state index in [1.165, 1.54) is 32.0 Å². The zero-order valence-electron chi connectivity index (χ0n) is 11.9. The van der Waals surface area contributed by atoms with E-state index in [0.717, 1.165) is 12.1 Å². The van der Waals surface area contributed by atoms with Gasteiger partial charge in [-0.15, -0.1) is 0 Å². The summed E-state index contributed by atoms with van der Waals surface area (Å²) in [4.78, 5) is 23.5. The van der Waals surface area contributed by atoms with Gasteiger partial charge >= 0.3 is 5.63 Å². The zero-order valence-corrected chi connectivity index (χ0v) is 11.9. The van der Waals surface area contributed by atoms with Crippen molar-refractivity contribution in [2.75, 3.05) is 0 Å². The van der Waals surface area contributed by atoms with Gasteiger partial charge in [-0.2, -0.15) is 5.10 Å². The van der Waals surface area contributed by atoms with E-state index in [1.54, 1.807) is 0 Å². The lowest BCUT2D eigenvalue weighted by Crippen LogP contribution is -2.21. The normalized spacial score (nSPS) is 11.3. The molecule has 2 rings (SSSR count). The van der Waals surface area contributed by atoms with Crippen LogP contribution in [-0.2, 0) is 0 Å². The van der Waals surface area contributed by atoms with Crippen LogP contribution in [0.4, 0.5) is 4.39 Å². The number of benzene rings is 1. The van der Waals surface area contributed by atoms with Gasteiger partial charge in [0.15, 0.2) is 0 Å². The molecule has 0 fully saturated rings. The van der Waals surface area contributed by atoms with Crippen molar-refractivity contribution in [1.29, 1.82) is 0 Å². The Hall–Kier alpha value is -2.96. The fourth-order valence-corrected chi connectivity index (χ4v) is 1.79. The molecule has 114 valence electrons. The highest BCUT2D eigenvalue weighted by atomic mass is 19.1. The molecule has 0 spiro atoms. The molecule has 1 aromatic carbocycles. The van der Waals surface area contributed by atoms with Crippen LogP contribution < -0.4 is 11.1 Å². The second kappa shape index (κ2) is 6.21. The van der Waals surface area contributed by atoms with Crippen molar-refractivity contribution < 1.29 is 18.7 Å². The maximum absolute atomic E-state index is 12.8. The number of hydrogen-bond donors (Lipinski definition) is 2. The number of aromatic hydroxyl groups is 1. The maximum Gasteiger partial charge on any atom is 0.348 e. The quantitative estimate of drug-likeness (QED) is 0.669. The van der Waals surface area contributed by atoms with Crippen molar-refractivity contribution in [2.45, 2.75) is 13.8 Å². The van der Waals surface area contributed by atoms with Gasteiger partial charge < -0.3 is 9.52 Å². The van der Waals surface area contributed by atoms with E-state index >= 15 is 0 Å². The predicted molar refractivity (Wildman–Crippen MR) is 77.5 cm³/mol. The van der Waals surface area contributed by atoms with Gasteiger partial charge in [-0.1, -0.05) is 0 Å². The average molecular weight is 304 g/mol. The molecule has 0 aliphatic rings. The lowest BCUT2D eigenvalue weighted by molar-refractivity contribution is 0.0954. The van der Waals surface area contributed by atoms with Gasteiger partial charge in [-0.3, -0.25) is 4.79 Å². The molecule has 2 aromatic rings. The van der Waals surface area contributed by atoms with Gasteiger partial charge in [0.1, 0.15) is 22.9 Å². The monoisotopic (exact) mass is 304 g/mol. The first-order valence-electron chi connectivity index (χ1n) is 6.33. The number of aryl methyl sites for hydroxylation is 1. The summed E-state index contributed by atoms with van der Waals surface area (Å²) in [7, 11) is 0. The van der Waals surface area contributed by atoms with Crippen molar-refractivity contribution in [1.82, 2.24) is 5.43 Å². The van der Waals surface area contributed by atoms with Gasteiger partial charge in [0.05, 0.1) is 5.71 Å². The van der Waals surface area contributed by atoms with Gasteiger partial charge in [0.2, 0.25) is 0 Å². The Labute approximate surface area is 124 Å². The maximum atomic E-state index is 12.8. The first kappa shape index (κ1) is 15.4. The van der Waals surface area contributed by atoms with Crippen LogP contribution in [0.25, 0.3) is 0 Å². The minimum absolute atomic E-state index is 0.0849. The van der Waals surface area contributed by atoms with Crippen molar-refractivity contribution in [3.05, 3.63) is 63.5 Å². The van der Waals surface area contributed by atoms with Crippen LogP contribution in [0, 0.1) is 12.7 Å². The topological polar surface area (TPSA) is 91.9 Å². The number of hydrazone groups is 1. The Morgan fingerprint density at radius 2 is 1.95 bits per heavy atom. The summed E-state index contributed by atoms with van der Waals surface area (Å²) in [5.74, 6) is -1.06. The van der Waals surface area contributed by atoms with Crippen molar-refractivity contribution >= 4 is 11.6 Å². The minimum atomic E-state index is -0.755. The molecule has 0 saturated carbocycles. The van der Waals surface area contributed by atoms with Crippen LogP contribution in [0.1, 0.15) is 28.6 Å². The highest BCUT2D eigenvalue weighted by Gasteiger charge is 2.13. The number of rotatable bonds is 3.